The van der Waals surface area contributed by atoms with Gasteiger partial charge in [0.05, 0.1) is 18.6 Å². The van der Waals surface area contributed by atoms with Crippen molar-refractivity contribution in [2.24, 2.45) is 16.8 Å². The predicted octanol–water partition coefficient (Wildman–Crippen LogP) is -3.69. The van der Waals surface area contributed by atoms with Crippen molar-refractivity contribution in [2.75, 3.05) is 0 Å². The van der Waals surface area contributed by atoms with Crippen LogP contribution < -0.4 is 42.8 Å². The molecular weight excluding hydrogens is 792 g/mol. The van der Waals surface area contributed by atoms with E-state index in [2.05, 4.69) is 31.9 Å². The highest BCUT2D eigenvalue weighted by Crippen LogP contribution is 2.12. The van der Waals surface area contributed by atoms with Crippen molar-refractivity contribution in [1.82, 2.24) is 31.9 Å². The summed E-state index contributed by atoms with van der Waals surface area (Å²) in [6, 6.07) is -3.92. The van der Waals surface area contributed by atoms with Crippen LogP contribution in [0, 0.1) is 5.92 Å². The Bertz CT molecular complexity index is 1810. The van der Waals surface area contributed by atoms with Gasteiger partial charge in [-0.2, -0.15) is 0 Å². The Morgan fingerprint density at radius 1 is 0.603 bits per heavy atom. The summed E-state index contributed by atoms with van der Waals surface area (Å²) in [5, 5.41) is 46.4. The van der Waals surface area contributed by atoms with Crippen molar-refractivity contribution < 1.29 is 71.7 Å². The number of carbonyl (C=O) groups is 10. The topological polar surface area (TPSA) is 390 Å². The lowest BCUT2D eigenvalue weighted by Crippen LogP contribution is -2.60. The monoisotopic (exact) mass is 842 g/mol. The maximum absolute atomic E-state index is 13.7. The van der Waals surface area contributed by atoms with Gasteiger partial charge >= 0.3 is 17.9 Å². The van der Waals surface area contributed by atoms with Crippen molar-refractivity contribution in [2.45, 2.75) is 108 Å². The molecule has 0 unspecified atom stereocenters. The van der Waals surface area contributed by atoms with Crippen LogP contribution in [0.5, 0.6) is 0 Å². The van der Waals surface area contributed by atoms with E-state index in [1.165, 1.54) is 24.3 Å². The van der Waals surface area contributed by atoms with Gasteiger partial charge in [0.15, 0.2) is 0 Å². The summed E-state index contributed by atoms with van der Waals surface area (Å²) in [4.78, 5) is 124. The molecule has 6 atom stereocenters. The summed E-state index contributed by atoms with van der Waals surface area (Å²) in [5.74, 6) is -12.4. The van der Waals surface area contributed by atoms with E-state index in [9.17, 15) is 66.6 Å². The minimum absolute atomic E-state index is 0.110. The second kappa shape index (κ2) is 23.2. The first-order valence-corrected chi connectivity index (χ1v) is 19.3. The second-order valence-corrected chi connectivity index (χ2v) is 15.3. The molecule has 1 aromatic carbocycles. The zero-order chi connectivity index (χ0) is 44.5. The van der Waals surface area contributed by atoms with Crippen LogP contribution in [0.2, 0.25) is 0 Å². The fraction of sp³-hybridized carbons (Fsp3) is 0.529. The molecule has 0 heterocycles. The Morgan fingerprint density at radius 3 is 1.50 bits per heavy atom. The van der Waals surface area contributed by atoms with Crippen molar-refractivity contribution in [3.63, 3.8) is 0 Å². The number of sulfonamides is 1. The fourth-order valence-corrected chi connectivity index (χ4v) is 5.87. The molecule has 0 bridgehead atoms. The first-order chi connectivity index (χ1) is 26.8. The third kappa shape index (κ3) is 19.6. The molecule has 0 saturated carbocycles. The molecule has 0 saturated heterocycles. The number of amides is 7. The van der Waals surface area contributed by atoms with Crippen LogP contribution in [0.3, 0.4) is 0 Å². The fourth-order valence-electron chi connectivity index (χ4n) is 5.21. The van der Waals surface area contributed by atoms with Crippen molar-refractivity contribution in [1.29, 1.82) is 0 Å². The molecule has 0 aliphatic heterocycles. The maximum atomic E-state index is 13.7. The van der Waals surface area contributed by atoms with Gasteiger partial charge in [0, 0.05) is 19.8 Å². The molecule has 24 heteroatoms. The van der Waals surface area contributed by atoms with Crippen LogP contribution in [0.25, 0.3) is 0 Å². The zero-order valence-corrected chi connectivity index (χ0v) is 32.9. The Hall–Kier alpha value is -6.17. The number of carbonyl (C=O) groups excluding carboxylic acids is 7. The molecule has 0 fully saturated rings. The van der Waals surface area contributed by atoms with Gasteiger partial charge < -0.3 is 53.0 Å². The summed E-state index contributed by atoms with van der Waals surface area (Å²) in [7, 11) is -3.89. The number of aliphatic carboxylic acids is 3. The van der Waals surface area contributed by atoms with Crippen molar-refractivity contribution in [3.05, 3.63) is 35.4 Å². The van der Waals surface area contributed by atoms with Crippen LogP contribution in [0.1, 0.15) is 70.9 Å². The van der Waals surface area contributed by atoms with E-state index in [0.717, 1.165) is 13.8 Å². The van der Waals surface area contributed by atoms with Crippen molar-refractivity contribution in [3.8, 4) is 0 Å². The number of carboxylic acids is 3. The van der Waals surface area contributed by atoms with Gasteiger partial charge in [-0.3, -0.25) is 47.9 Å². The summed E-state index contributed by atoms with van der Waals surface area (Å²) in [6.45, 7) is 5.62. The molecule has 1 aromatic rings. The van der Waals surface area contributed by atoms with Gasteiger partial charge in [0.1, 0.15) is 36.3 Å². The molecular formula is C34H50N8O15S. The molecule has 0 spiro atoms. The number of rotatable bonds is 25. The highest BCUT2D eigenvalue weighted by Gasteiger charge is 2.34. The van der Waals surface area contributed by atoms with Gasteiger partial charge in [-0.1, -0.05) is 38.1 Å². The van der Waals surface area contributed by atoms with E-state index >= 15 is 0 Å². The van der Waals surface area contributed by atoms with Crippen LogP contribution >= 0.6 is 0 Å². The number of hydrogen-bond donors (Lipinski definition) is 11. The standard InChI is InChI=1S/C34H50N8O15S/c1-16(2)11-22(29(35)50)40-33(54)23(12-19-5-7-20(8-6-19)15-58(36,56)57)42-31(52)21(9-10-26(44)45)39-34(55)25(14-28(48)49)41-30(51)17(3)37-32(53)24(13-27(46)47)38-18(4)43/h5-8,16-17,21-25H,9-15H2,1-4H3,(H2,35,50)(H,37,53)(H,38,43)(H,39,55)(H,40,54)(H,41,51)(H,42,52)(H,44,45)(H,46,47)(H,48,49)(H2,36,56,57)/t17-,21-,22-,23+,24-,25-/m0/s1. The van der Waals surface area contributed by atoms with Gasteiger partial charge in [-0.15, -0.1) is 0 Å². The van der Waals surface area contributed by atoms with Crippen LogP contribution in [-0.2, 0) is 70.1 Å². The minimum Gasteiger partial charge on any atom is -0.481 e. The van der Waals surface area contributed by atoms with Gasteiger partial charge in [0.25, 0.3) is 0 Å². The molecule has 1 rings (SSSR count). The van der Waals surface area contributed by atoms with Gasteiger partial charge in [0.2, 0.25) is 51.4 Å². The maximum Gasteiger partial charge on any atom is 0.305 e. The van der Waals surface area contributed by atoms with E-state index in [1.54, 1.807) is 13.8 Å². The lowest BCUT2D eigenvalue weighted by atomic mass is 10.00. The highest BCUT2D eigenvalue weighted by molar-refractivity contribution is 7.88. The predicted molar refractivity (Wildman–Crippen MR) is 200 cm³/mol. The Kier molecular flexibility index (Phi) is 19.9. The largest absolute Gasteiger partial charge is 0.481 e. The molecule has 7 amide bonds. The Balaban J connectivity index is 3.41. The van der Waals surface area contributed by atoms with Crippen LogP contribution in [-0.4, -0.2) is 119 Å². The minimum atomic E-state index is -3.89. The number of benzene rings is 1. The summed E-state index contributed by atoms with van der Waals surface area (Å²) in [6.07, 6.45) is -3.48. The number of carboxylic acid groups (broad SMARTS) is 3. The SMILES string of the molecule is CC(=O)N[C@@H](CC(=O)O)C(=O)N[C@@H](C)C(=O)N[C@@H](CC(=O)O)C(=O)N[C@@H](CCC(=O)O)C(=O)N[C@H](Cc1ccc(CS(N)(=O)=O)cc1)C(=O)N[C@@H](CC(C)C)C(N)=O. The van der Waals surface area contributed by atoms with Crippen molar-refractivity contribution >= 4 is 69.3 Å². The van der Waals surface area contributed by atoms with E-state index in [0.29, 0.717) is 11.1 Å². The second-order valence-electron chi connectivity index (χ2n) is 13.7. The molecule has 13 N–H and O–H groups in total. The summed E-state index contributed by atoms with van der Waals surface area (Å²) >= 11 is 0. The van der Waals surface area contributed by atoms with E-state index in [4.69, 9.17) is 16.0 Å². The molecule has 0 aromatic heterocycles. The Labute approximate surface area is 332 Å². The van der Waals surface area contributed by atoms with E-state index < -0.39 is 137 Å². The first-order valence-electron chi connectivity index (χ1n) is 17.6. The average Bonchev–Trinajstić information content (AvgIpc) is 3.07. The molecule has 58 heavy (non-hydrogen) atoms. The van der Waals surface area contributed by atoms with Crippen LogP contribution in [0.15, 0.2) is 24.3 Å². The number of nitrogens with two attached hydrogens (primary N) is 2. The zero-order valence-electron chi connectivity index (χ0n) is 32.1. The third-order valence-electron chi connectivity index (χ3n) is 7.95. The smallest absolute Gasteiger partial charge is 0.305 e. The number of primary sulfonamides is 1. The summed E-state index contributed by atoms with van der Waals surface area (Å²) < 4.78 is 23.0. The summed E-state index contributed by atoms with van der Waals surface area (Å²) in [5.41, 5.74) is 6.14. The number of nitrogens with one attached hydrogen (secondary N) is 6. The van der Waals surface area contributed by atoms with Gasteiger partial charge in [-0.05, 0) is 36.8 Å². The average molecular weight is 843 g/mol. The number of primary amides is 1. The molecule has 0 radical (unpaired) electrons. The Morgan fingerprint density at radius 2 is 1.03 bits per heavy atom. The molecule has 0 aliphatic carbocycles. The van der Waals surface area contributed by atoms with Gasteiger partial charge in [-0.25, -0.2) is 13.6 Å². The van der Waals surface area contributed by atoms with Crippen LogP contribution in [0.4, 0.5) is 0 Å². The van der Waals surface area contributed by atoms with E-state index in [-0.39, 0.29) is 18.8 Å². The molecule has 0 aliphatic rings. The normalized spacial score (nSPS) is 14.2. The highest BCUT2D eigenvalue weighted by atomic mass is 32.2. The lowest BCUT2D eigenvalue weighted by molar-refractivity contribution is -0.141. The third-order valence-corrected chi connectivity index (χ3v) is 8.68. The lowest BCUT2D eigenvalue weighted by Gasteiger charge is -2.27. The molecule has 322 valence electrons. The first kappa shape index (κ1) is 49.8. The molecule has 23 nitrogen and oxygen atoms in total. The quantitative estimate of drug-likeness (QED) is 0.0452. The number of hydrogen-bond acceptors (Lipinski definition) is 12. The van der Waals surface area contributed by atoms with E-state index in [1.807, 2.05) is 0 Å².